The van der Waals surface area contributed by atoms with E-state index in [-0.39, 0.29) is 0 Å². The number of nitrogens with zero attached hydrogens (tertiary/aromatic N) is 3. The van der Waals surface area contributed by atoms with E-state index in [1.165, 1.54) is 26.2 Å². The summed E-state index contributed by atoms with van der Waals surface area (Å²) >= 11 is 0. The number of anilines is 1. The van der Waals surface area contributed by atoms with Crippen molar-refractivity contribution in [3.63, 3.8) is 0 Å². The summed E-state index contributed by atoms with van der Waals surface area (Å²) in [5.74, 6) is 2.43. The van der Waals surface area contributed by atoms with E-state index in [0.717, 1.165) is 49.2 Å². The minimum atomic E-state index is 0.525. The Morgan fingerprint density at radius 3 is 2.69 bits per heavy atom. The molecule has 1 aromatic rings. The van der Waals surface area contributed by atoms with Gasteiger partial charge in [-0.2, -0.15) is 0 Å². The summed E-state index contributed by atoms with van der Waals surface area (Å²) in [4.78, 5) is 9.95. The van der Waals surface area contributed by atoms with Crippen molar-refractivity contribution in [1.82, 2.24) is 15.1 Å². The fourth-order valence-electron chi connectivity index (χ4n) is 3.78. The predicted octanol–water partition coefficient (Wildman–Crippen LogP) is 1.23. The molecule has 3 fully saturated rings. The molecule has 0 aromatic heterocycles. The van der Waals surface area contributed by atoms with E-state index in [1.807, 2.05) is 18.2 Å². The van der Waals surface area contributed by atoms with Gasteiger partial charge in [-0.15, -0.1) is 0 Å². The first-order valence-corrected chi connectivity index (χ1v) is 9.73. The molecule has 2 N–H and O–H groups in total. The molecule has 0 aliphatic carbocycles. The third-order valence-corrected chi connectivity index (χ3v) is 5.21. The molecule has 0 radical (unpaired) electrons. The summed E-state index contributed by atoms with van der Waals surface area (Å²) < 4.78 is 11.5. The van der Waals surface area contributed by atoms with Gasteiger partial charge in [-0.25, -0.2) is 0 Å². The molecule has 1 aromatic carbocycles. The molecule has 1 atom stereocenters. The first kappa shape index (κ1) is 17.4. The van der Waals surface area contributed by atoms with Crippen LogP contribution >= 0.6 is 0 Å². The quantitative estimate of drug-likeness (QED) is 0.623. The first-order chi connectivity index (χ1) is 12.8. The second-order valence-corrected chi connectivity index (χ2v) is 7.05. The van der Waals surface area contributed by atoms with Crippen LogP contribution < -0.4 is 20.1 Å². The summed E-state index contributed by atoms with van der Waals surface area (Å²) in [6.45, 7) is 11.0. The molecule has 4 heterocycles. The lowest BCUT2D eigenvalue weighted by Crippen LogP contribution is -2.61. The highest BCUT2D eigenvalue weighted by atomic mass is 16.5. The average molecular weight is 359 g/mol. The van der Waals surface area contributed by atoms with E-state index in [0.29, 0.717) is 19.3 Å². The predicted molar refractivity (Wildman–Crippen MR) is 103 cm³/mol. The SMILES string of the molecule is CCNC(=NCC1CN2CCN1CC2)Nc1ccc2c(c1)OCCCO2. The molecule has 4 aliphatic rings. The number of benzene rings is 1. The maximum Gasteiger partial charge on any atom is 0.195 e. The standard InChI is InChI=1S/C19H29N5O2/c1-2-20-19(21-13-16-14-23-6-8-24(16)9-7-23)22-15-4-5-17-18(12-15)26-11-3-10-25-17/h4-5,12,16H,2-3,6-11,13-14H2,1H3,(H2,20,21,22). The Morgan fingerprint density at radius 2 is 1.96 bits per heavy atom. The Labute approximate surface area is 155 Å². The summed E-state index contributed by atoms with van der Waals surface area (Å²) in [6, 6.07) is 6.49. The van der Waals surface area contributed by atoms with Crippen molar-refractivity contribution in [3.05, 3.63) is 18.2 Å². The van der Waals surface area contributed by atoms with Gasteiger partial charge in [0.05, 0.1) is 19.8 Å². The Balaban J connectivity index is 1.42. The van der Waals surface area contributed by atoms with Crippen LogP contribution in [-0.2, 0) is 0 Å². The van der Waals surface area contributed by atoms with Crippen LogP contribution in [-0.4, -0.2) is 80.8 Å². The van der Waals surface area contributed by atoms with Gasteiger partial charge in [0, 0.05) is 63.5 Å². The molecule has 5 rings (SSSR count). The summed E-state index contributed by atoms with van der Waals surface area (Å²) in [5.41, 5.74) is 0.961. The number of aliphatic imine (C=N–C) groups is 1. The number of piperazine rings is 3. The molecule has 0 saturated carbocycles. The number of hydrogen-bond acceptors (Lipinski definition) is 5. The van der Waals surface area contributed by atoms with Gasteiger partial charge in [0.1, 0.15) is 0 Å². The van der Waals surface area contributed by atoms with Crippen molar-refractivity contribution >= 4 is 11.6 Å². The highest BCUT2D eigenvalue weighted by molar-refractivity contribution is 5.93. The average Bonchev–Trinajstić information content (AvgIpc) is 2.92. The lowest BCUT2D eigenvalue weighted by molar-refractivity contribution is 0.0174. The number of rotatable bonds is 4. The number of ether oxygens (including phenoxy) is 2. The molecule has 142 valence electrons. The minimum Gasteiger partial charge on any atom is -0.490 e. The normalized spacial score (nSPS) is 27.7. The van der Waals surface area contributed by atoms with Crippen LogP contribution in [0, 0.1) is 0 Å². The van der Waals surface area contributed by atoms with E-state index in [2.05, 4.69) is 27.4 Å². The third-order valence-electron chi connectivity index (χ3n) is 5.21. The van der Waals surface area contributed by atoms with Crippen LogP contribution in [0.5, 0.6) is 11.5 Å². The van der Waals surface area contributed by atoms with Crippen molar-refractivity contribution in [2.45, 2.75) is 19.4 Å². The van der Waals surface area contributed by atoms with Crippen LogP contribution in [0.1, 0.15) is 13.3 Å². The zero-order chi connectivity index (χ0) is 17.8. The maximum absolute atomic E-state index is 5.78. The molecule has 0 spiro atoms. The van der Waals surface area contributed by atoms with Crippen molar-refractivity contribution in [2.24, 2.45) is 4.99 Å². The number of nitrogens with one attached hydrogen (secondary N) is 2. The molecule has 2 bridgehead atoms. The lowest BCUT2D eigenvalue weighted by Gasteiger charge is -2.47. The molecular formula is C19H29N5O2. The zero-order valence-electron chi connectivity index (χ0n) is 15.5. The van der Waals surface area contributed by atoms with Gasteiger partial charge in [0.15, 0.2) is 17.5 Å². The van der Waals surface area contributed by atoms with E-state index in [4.69, 9.17) is 14.5 Å². The van der Waals surface area contributed by atoms with Crippen molar-refractivity contribution < 1.29 is 9.47 Å². The fraction of sp³-hybridized carbons (Fsp3) is 0.632. The second kappa shape index (κ2) is 8.14. The van der Waals surface area contributed by atoms with Gasteiger partial charge in [-0.05, 0) is 19.1 Å². The lowest BCUT2D eigenvalue weighted by atomic mass is 10.1. The highest BCUT2D eigenvalue weighted by Gasteiger charge is 2.31. The monoisotopic (exact) mass is 359 g/mol. The van der Waals surface area contributed by atoms with Crippen LogP contribution in [0.3, 0.4) is 0 Å². The van der Waals surface area contributed by atoms with Crippen LogP contribution in [0.15, 0.2) is 23.2 Å². The third kappa shape index (κ3) is 4.04. The zero-order valence-corrected chi connectivity index (χ0v) is 15.5. The smallest absolute Gasteiger partial charge is 0.195 e. The van der Waals surface area contributed by atoms with Gasteiger partial charge >= 0.3 is 0 Å². The van der Waals surface area contributed by atoms with Crippen molar-refractivity contribution in [2.75, 3.05) is 64.3 Å². The molecule has 26 heavy (non-hydrogen) atoms. The minimum absolute atomic E-state index is 0.525. The van der Waals surface area contributed by atoms with Crippen molar-refractivity contribution in [3.8, 4) is 11.5 Å². The van der Waals surface area contributed by atoms with Gasteiger partial charge in [-0.1, -0.05) is 0 Å². The van der Waals surface area contributed by atoms with E-state index < -0.39 is 0 Å². The summed E-state index contributed by atoms with van der Waals surface area (Å²) in [5, 5.41) is 6.75. The van der Waals surface area contributed by atoms with E-state index >= 15 is 0 Å². The van der Waals surface area contributed by atoms with E-state index in [1.54, 1.807) is 0 Å². The summed E-state index contributed by atoms with van der Waals surface area (Å²) in [6.07, 6.45) is 0.913. The molecule has 7 nitrogen and oxygen atoms in total. The highest BCUT2D eigenvalue weighted by Crippen LogP contribution is 2.32. The Morgan fingerprint density at radius 1 is 1.15 bits per heavy atom. The number of guanidine groups is 1. The second-order valence-electron chi connectivity index (χ2n) is 7.05. The van der Waals surface area contributed by atoms with Crippen LogP contribution in [0.2, 0.25) is 0 Å². The molecule has 4 aliphatic heterocycles. The number of hydrogen-bond donors (Lipinski definition) is 2. The topological polar surface area (TPSA) is 61.4 Å². The number of fused-ring (bicyclic) bond motifs is 4. The Kier molecular flexibility index (Phi) is 5.45. The van der Waals surface area contributed by atoms with Gasteiger partial charge in [0.25, 0.3) is 0 Å². The van der Waals surface area contributed by atoms with Gasteiger partial charge < -0.3 is 20.1 Å². The van der Waals surface area contributed by atoms with E-state index in [9.17, 15) is 0 Å². The van der Waals surface area contributed by atoms with Crippen LogP contribution in [0.25, 0.3) is 0 Å². The maximum atomic E-state index is 5.78. The molecule has 1 unspecified atom stereocenters. The molecule has 0 amide bonds. The Hall–Kier alpha value is -1.99. The Bertz CT molecular complexity index is 643. The molecular weight excluding hydrogens is 330 g/mol. The fourth-order valence-corrected chi connectivity index (χ4v) is 3.78. The molecule has 7 heteroatoms. The van der Waals surface area contributed by atoms with Crippen LogP contribution in [0.4, 0.5) is 5.69 Å². The largest absolute Gasteiger partial charge is 0.490 e. The first-order valence-electron chi connectivity index (χ1n) is 9.73. The summed E-state index contributed by atoms with van der Waals surface area (Å²) in [7, 11) is 0. The van der Waals surface area contributed by atoms with Gasteiger partial charge in [0.2, 0.25) is 0 Å². The van der Waals surface area contributed by atoms with Crippen molar-refractivity contribution in [1.29, 1.82) is 0 Å². The van der Waals surface area contributed by atoms with Gasteiger partial charge in [-0.3, -0.25) is 14.8 Å². The molecule has 3 saturated heterocycles.